The van der Waals surface area contributed by atoms with Gasteiger partial charge in [-0.25, -0.2) is 4.98 Å². The van der Waals surface area contributed by atoms with Crippen LogP contribution in [0.1, 0.15) is 25.8 Å². The summed E-state index contributed by atoms with van der Waals surface area (Å²) in [6.45, 7) is 5.37. The molecule has 3 saturated heterocycles. The Morgan fingerprint density at radius 3 is 2.72 bits per heavy atom. The summed E-state index contributed by atoms with van der Waals surface area (Å²) >= 11 is 1.57. The van der Waals surface area contributed by atoms with Crippen LogP contribution in [0.2, 0.25) is 0 Å². The van der Waals surface area contributed by atoms with Crippen LogP contribution in [-0.4, -0.2) is 40.2 Å². The second kappa shape index (κ2) is 5.27. The zero-order chi connectivity index (χ0) is 17.2. The maximum absolute atomic E-state index is 10.6. The molecule has 130 valence electrons. The van der Waals surface area contributed by atoms with Crippen LogP contribution in [0, 0.1) is 0 Å². The lowest BCUT2D eigenvalue weighted by Crippen LogP contribution is -2.67. The summed E-state index contributed by atoms with van der Waals surface area (Å²) in [7, 11) is 0. The Morgan fingerprint density at radius 2 is 2.08 bits per heavy atom. The summed E-state index contributed by atoms with van der Waals surface area (Å²) in [6, 6.07) is 5.60. The molecule has 2 N–H and O–H groups in total. The zero-order valence-corrected chi connectivity index (χ0v) is 15.0. The lowest BCUT2D eigenvalue weighted by molar-refractivity contribution is 0.0800. The van der Waals surface area contributed by atoms with Crippen molar-refractivity contribution in [3.05, 3.63) is 29.3 Å². The maximum Gasteiger partial charge on any atom is 0.298 e. The van der Waals surface area contributed by atoms with Gasteiger partial charge in [0, 0.05) is 42.3 Å². The molecular weight excluding hydrogens is 336 g/mol. The predicted octanol–water partition coefficient (Wildman–Crippen LogP) is 2.73. The number of nitrogens with one attached hydrogen (secondary N) is 1. The minimum atomic E-state index is -0.987. The van der Waals surface area contributed by atoms with E-state index in [9.17, 15) is 5.11 Å². The Hall–Kier alpha value is -1.96. The number of oxazole rings is 1. The molecule has 2 aromatic heterocycles. The highest BCUT2D eigenvalue weighted by molar-refractivity contribution is 7.13. The van der Waals surface area contributed by atoms with Crippen LogP contribution >= 0.6 is 11.3 Å². The van der Waals surface area contributed by atoms with Crippen LogP contribution in [0.3, 0.4) is 0 Å². The van der Waals surface area contributed by atoms with Gasteiger partial charge in [0.1, 0.15) is 10.5 Å². The lowest BCUT2D eigenvalue weighted by Gasteiger charge is -2.47. The van der Waals surface area contributed by atoms with Crippen LogP contribution in [0.4, 0.5) is 6.01 Å². The monoisotopic (exact) mass is 356 g/mol. The summed E-state index contributed by atoms with van der Waals surface area (Å²) in [5.74, 6) is 0. The number of aromatic nitrogens is 2. The Labute approximate surface area is 149 Å². The molecular formula is C18H20N4O2S. The summed E-state index contributed by atoms with van der Waals surface area (Å²) in [5, 5.41) is 16.9. The van der Waals surface area contributed by atoms with Gasteiger partial charge in [0.15, 0.2) is 5.58 Å². The molecule has 0 amide bonds. The lowest BCUT2D eigenvalue weighted by atomic mass is 9.92. The topological polar surface area (TPSA) is 74.4 Å². The van der Waals surface area contributed by atoms with Crippen molar-refractivity contribution in [2.45, 2.75) is 38.0 Å². The third-order valence-corrected chi connectivity index (χ3v) is 5.85. The molecule has 0 radical (unpaired) electrons. The Balaban J connectivity index is 1.67. The van der Waals surface area contributed by atoms with Crippen LogP contribution in [0.25, 0.3) is 21.7 Å². The number of hydrogen-bond acceptors (Lipinski definition) is 7. The van der Waals surface area contributed by atoms with E-state index in [1.165, 1.54) is 6.42 Å². The molecule has 2 atom stereocenters. The fourth-order valence-corrected chi connectivity index (χ4v) is 4.48. The average Bonchev–Trinajstić information content (AvgIpc) is 3.22. The normalized spacial score (nSPS) is 23.1. The first-order chi connectivity index (χ1) is 12.0. The summed E-state index contributed by atoms with van der Waals surface area (Å²) < 4.78 is 6.21. The molecule has 2 bridgehead atoms. The van der Waals surface area contributed by atoms with Gasteiger partial charge in [-0.15, -0.1) is 11.3 Å². The standard InChI is InChI=1S/C18H20N4O2S/c1-18(2,23)13-4-3-12(16-19-5-6-25-16)15-14(13)21-17(24-15)22-8-10-7-11(9-22)20-10/h3-6,10-11,20,23H,7-9H2,1-2H3. The number of fused-ring (bicyclic) bond motifs is 3. The molecule has 3 aromatic rings. The number of nitrogens with zero attached hydrogens (tertiary/aromatic N) is 3. The first-order valence-corrected chi connectivity index (χ1v) is 9.44. The number of rotatable bonds is 3. The van der Waals surface area contributed by atoms with Crippen molar-refractivity contribution in [2.75, 3.05) is 18.0 Å². The number of thiazole rings is 1. The van der Waals surface area contributed by atoms with Crippen molar-refractivity contribution in [3.63, 3.8) is 0 Å². The largest absolute Gasteiger partial charge is 0.423 e. The summed E-state index contributed by atoms with van der Waals surface area (Å²) in [4.78, 5) is 11.4. The van der Waals surface area contributed by atoms with Crippen molar-refractivity contribution in [1.29, 1.82) is 0 Å². The van der Waals surface area contributed by atoms with Crippen LogP contribution in [0.15, 0.2) is 28.1 Å². The van der Waals surface area contributed by atoms with Crippen LogP contribution in [-0.2, 0) is 5.60 Å². The molecule has 25 heavy (non-hydrogen) atoms. The van der Waals surface area contributed by atoms with Gasteiger partial charge in [-0.1, -0.05) is 6.07 Å². The van der Waals surface area contributed by atoms with E-state index in [2.05, 4.69) is 15.2 Å². The molecule has 0 spiro atoms. The number of piperidine rings is 1. The first-order valence-electron chi connectivity index (χ1n) is 8.56. The molecule has 3 fully saturated rings. The van der Waals surface area contributed by atoms with E-state index in [1.54, 1.807) is 31.4 Å². The zero-order valence-electron chi connectivity index (χ0n) is 14.2. The van der Waals surface area contributed by atoms with E-state index in [0.717, 1.165) is 34.7 Å². The van der Waals surface area contributed by atoms with Crippen molar-refractivity contribution < 1.29 is 9.52 Å². The second-order valence-electron chi connectivity index (χ2n) is 7.43. The quantitative estimate of drug-likeness (QED) is 0.752. The van der Waals surface area contributed by atoms with Gasteiger partial charge < -0.3 is 19.7 Å². The van der Waals surface area contributed by atoms with Gasteiger partial charge in [0.25, 0.3) is 6.01 Å². The van der Waals surface area contributed by atoms with E-state index in [1.807, 2.05) is 17.5 Å². The number of piperazine rings is 1. The Morgan fingerprint density at radius 1 is 1.32 bits per heavy atom. The summed E-state index contributed by atoms with van der Waals surface area (Å²) in [6.07, 6.45) is 3.02. The first kappa shape index (κ1) is 15.3. The summed E-state index contributed by atoms with van der Waals surface area (Å²) in [5.41, 5.74) is 2.15. The molecule has 0 saturated carbocycles. The molecule has 6 nitrogen and oxygen atoms in total. The Bertz CT molecular complexity index is 913. The van der Waals surface area contributed by atoms with Crippen LogP contribution in [0.5, 0.6) is 0 Å². The maximum atomic E-state index is 10.6. The van der Waals surface area contributed by atoms with Gasteiger partial charge in [-0.3, -0.25) is 0 Å². The van der Waals surface area contributed by atoms with Gasteiger partial charge >= 0.3 is 0 Å². The number of benzene rings is 1. The molecule has 7 heteroatoms. The van der Waals surface area contributed by atoms with Gasteiger partial charge in [-0.05, 0) is 26.3 Å². The van der Waals surface area contributed by atoms with E-state index in [-0.39, 0.29) is 0 Å². The van der Waals surface area contributed by atoms with Crippen molar-refractivity contribution in [2.24, 2.45) is 0 Å². The third-order valence-electron chi connectivity index (χ3n) is 5.05. The molecule has 2 unspecified atom stereocenters. The second-order valence-corrected chi connectivity index (χ2v) is 8.33. The number of anilines is 1. The highest BCUT2D eigenvalue weighted by Crippen LogP contribution is 2.38. The van der Waals surface area contributed by atoms with Crippen molar-refractivity contribution in [3.8, 4) is 10.6 Å². The highest BCUT2D eigenvalue weighted by Gasteiger charge is 2.38. The molecule has 1 aromatic carbocycles. The fraction of sp³-hybridized carbons (Fsp3) is 0.444. The van der Waals surface area contributed by atoms with E-state index in [0.29, 0.717) is 23.7 Å². The highest BCUT2D eigenvalue weighted by atomic mass is 32.1. The van der Waals surface area contributed by atoms with E-state index < -0.39 is 5.60 Å². The van der Waals surface area contributed by atoms with Crippen molar-refractivity contribution in [1.82, 2.24) is 15.3 Å². The number of hydrogen-bond donors (Lipinski definition) is 2. The number of aliphatic hydroxyl groups is 1. The molecule has 3 aliphatic heterocycles. The van der Waals surface area contributed by atoms with E-state index >= 15 is 0 Å². The van der Waals surface area contributed by atoms with Crippen molar-refractivity contribution >= 4 is 28.5 Å². The van der Waals surface area contributed by atoms with E-state index in [4.69, 9.17) is 9.40 Å². The van der Waals surface area contributed by atoms with Crippen LogP contribution < -0.4 is 10.2 Å². The molecule has 5 heterocycles. The molecule has 3 aliphatic rings. The minimum absolute atomic E-state index is 0.529. The molecule has 6 rings (SSSR count). The van der Waals surface area contributed by atoms with Gasteiger partial charge in [-0.2, -0.15) is 4.98 Å². The smallest absolute Gasteiger partial charge is 0.298 e. The van der Waals surface area contributed by atoms with Gasteiger partial charge in [0.2, 0.25) is 0 Å². The Kier molecular flexibility index (Phi) is 3.22. The molecule has 0 aliphatic carbocycles. The van der Waals surface area contributed by atoms with Gasteiger partial charge in [0.05, 0.1) is 11.2 Å². The minimum Gasteiger partial charge on any atom is -0.423 e. The third kappa shape index (κ3) is 2.46. The predicted molar refractivity (Wildman–Crippen MR) is 97.9 cm³/mol. The SMILES string of the molecule is CC(C)(O)c1ccc(-c2nccs2)c2oc(N3CC4CC(C3)N4)nc12. The average molecular weight is 356 g/mol. The fourth-order valence-electron chi connectivity index (χ4n) is 3.82.